The Hall–Kier alpha value is -1.40. The van der Waals surface area contributed by atoms with Crippen LogP contribution in [-0.2, 0) is 7.05 Å². The molecule has 17 heavy (non-hydrogen) atoms. The molecule has 0 saturated heterocycles. The molecule has 5 nitrogen and oxygen atoms in total. The number of nitrogens with one attached hydrogen (secondary N) is 1. The number of benzene rings is 1. The van der Waals surface area contributed by atoms with Gasteiger partial charge in [-0.15, -0.1) is 5.10 Å². The highest BCUT2D eigenvalue weighted by Crippen LogP contribution is 2.36. The van der Waals surface area contributed by atoms with Gasteiger partial charge in [0.05, 0.1) is 0 Å². The van der Waals surface area contributed by atoms with E-state index in [1.165, 1.54) is 16.3 Å². The number of nitrogen functional groups attached to an aromatic ring is 1. The minimum Gasteiger partial charge on any atom is -0.398 e. The Morgan fingerprint density at radius 2 is 2.24 bits per heavy atom. The number of H-pyrrole nitrogens is 1. The van der Waals surface area contributed by atoms with Crippen molar-refractivity contribution >= 4 is 29.1 Å². The van der Waals surface area contributed by atoms with Crippen molar-refractivity contribution in [2.24, 2.45) is 7.05 Å². The first-order chi connectivity index (χ1) is 8.00. The molecule has 3 N–H and O–H groups in total. The lowest BCUT2D eigenvalue weighted by Gasteiger charge is -2.09. The molecule has 0 bridgehead atoms. The summed E-state index contributed by atoms with van der Waals surface area (Å²) in [6, 6.07) is 3.49. The van der Waals surface area contributed by atoms with Gasteiger partial charge in [0.2, 0.25) is 0 Å². The van der Waals surface area contributed by atoms with E-state index in [1.54, 1.807) is 19.2 Å². The van der Waals surface area contributed by atoms with Crippen LogP contribution in [0.1, 0.15) is 5.56 Å². The third kappa shape index (κ3) is 2.18. The van der Waals surface area contributed by atoms with E-state index in [0.29, 0.717) is 15.9 Å². The maximum absolute atomic E-state index is 11.2. The molecule has 0 radical (unpaired) electrons. The summed E-state index contributed by atoms with van der Waals surface area (Å²) in [5.74, 6) is 0. The number of aromatic nitrogens is 3. The second-order valence-corrected chi connectivity index (χ2v) is 4.95. The highest BCUT2D eigenvalue weighted by atomic mass is 35.5. The van der Waals surface area contributed by atoms with Crippen LogP contribution in [0.25, 0.3) is 0 Å². The Kier molecular flexibility index (Phi) is 3.17. The van der Waals surface area contributed by atoms with Crippen LogP contribution in [-0.4, -0.2) is 14.8 Å². The Balaban J connectivity index is 2.46. The van der Waals surface area contributed by atoms with E-state index in [1.807, 2.05) is 6.92 Å². The lowest BCUT2D eigenvalue weighted by atomic mass is 10.2. The summed E-state index contributed by atoms with van der Waals surface area (Å²) in [5.41, 5.74) is 7.13. The SMILES string of the molecule is Cc1c(Cl)ccc(N)c1Sc1n[nH]c(=O)n1C. The molecular formula is C10H11ClN4OS. The smallest absolute Gasteiger partial charge is 0.343 e. The predicted octanol–water partition coefficient (Wildman–Crippen LogP) is 1.80. The molecule has 0 atom stereocenters. The van der Waals surface area contributed by atoms with E-state index in [-0.39, 0.29) is 5.69 Å². The molecule has 1 aromatic heterocycles. The molecule has 2 rings (SSSR count). The van der Waals surface area contributed by atoms with Gasteiger partial charge in [-0.3, -0.25) is 4.57 Å². The van der Waals surface area contributed by atoms with Crippen LogP contribution in [0, 0.1) is 6.92 Å². The fourth-order valence-corrected chi connectivity index (χ4v) is 2.50. The Bertz CT molecular complexity index is 619. The third-order valence-electron chi connectivity index (χ3n) is 2.40. The summed E-state index contributed by atoms with van der Waals surface area (Å²) in [5, 5.41) is 7.47. The summed E-state index contributed by atoms with van der Waals surface area (Å²) in [4.78, 5) is 12.1. The first kappa shape index (κ1) is 12.1. The highest BCUT2D eigenvalue weighted by Gasteiger charge is 2.12. The molecule has 0 saturated carbocycles. The number of rotatable bonds is 2. The van der Waals surface area contributed by atoms with Crippen molar-refractivity contribution in [2.45, 2.75) is 17.0 Å². The first-order valence-corrected chi connectivity index (χ1v) is 6.04. The van der Waals surface area contributed by atoms with Gasteiger partial charge in [-0.05, 0) is 36.4 Å². The zero-order chi connectivity index (χ0) is 12.6. The number of hydrogen-bond acceptors (Lipinski definition) is 4. The van der Waals surface area contributed by atoms with Crippen LogP contribution in [0.4, 0.5) is 5.69 Å². The lowest BCUT2D eigenvalue weighted by molar-refractivity contribution is 0.766. The zero-order valence-corrected chi connectivity index (χ0v) is 10.9. The Labute approximate surface area is 107 Å². The van der Waals surface area contributed by atoms with Gasteiger partial charge in [0.15, 0.2) is 5.16 Å². The van der Waals surface area contributed by atoms with Crippen molar-refractivity contribution in [3.05, 3.63) is 33.2 Å². The topological polar surface area (TPSA) is 76.7 Å². The maximum atomic E-state index is 11.2. The fraction of sp³-hybridized carbons (Fsp3) is 0.200. The number of hydrogen-bond donors (Lipinski definition) is 2. The highest BCUT2D eigenvalue weighted by molar-refractivity contribution is 7.99. The number of halogens is 1. The minimum absolute atomic E-state index is 0.259. The largest absolute Gasteiger partial charge is 0.398 e. The summed E-state index contributed by atoms with van der Waals surface area (Å²) in [7, 11) is 1.64. The first-order valence-electron chi connectivity index (χ1n) is 4.84. The van der Waals surface area contributed by atoms with E-state index in [4.69, 9.17) is 17.3 Å². The quantitative estimate of drug-likeness (QED) is 0.816. The van der Waals surface area contributed by atoms with Gasteiger partial charge < -0.3 is 5.73 Å². The number of aromatic amines is 1. The Morgan fingerprint density at radius 1 is 1.53 bits per heavy atom. The van der Waals surface area contributed by atoms with Gasteiger partial charge in [-0.1, -0.05) is 11.6 Å². The maximum Gasteiger partial charge on any atom is 0.343 e. The average molecular weight is 271 g/mol. The van der Waals surface area contributed by atoms with Gasteiger partial charge in [0, 0.05) is 22.7 Å². The summed E-state index contributed by atoms with van der Waals surface area (Å²) in [6.07, 6.45) is 0. The molecule has 0 spiro atoms. The fourth-order valence-electron chi connectivity index (χ4n) is 1.34. The number of nitrogens with two attached hydrogens (primary N) is 1. The number of nitrogens with zero attached hydrogens (tertiary/aromatic N) is 2. The molecule has 2 aromatic rings. The van der Waals surface area contributed by atoms with E-state index >= 15 is 0 Å². The van der Waals surface area contributed by atoms with E-state index in [2.05, 4.69) is 10.2 Å². The van der Waals surface area contributed by atoms with Crippen molar-refractivity contribution in [1.29, 1.82) is 0 Å². The lowest BCUT2D eigenvalue weighted by Crippen LogP contribution is -2.12. The summed E-state index contributed by atoms with van der Waals surface area (Å²) >= 11 is 7.34. The van der Waals surface area contributed by atoms with Gasteiger partial charge >= 0.3 is 5.69 Å². The van der Waals surface area contributed by atoms with Gasteiger partial charge in [-0.2, -0.15) is 0 Å². The Morgan fingerprint density at radius 3 is 2.82 bits per heavy atom. The molecule has 0 amide bonds. The van der Waals surface area contributed by atoms with Crippen LogP contribution in [0.3, 0.4) is 0 Å². The average Bonchev–Trinajstić information content (AvgIpc) is 2.61. The van der Waals surface area contributed by atoms with Crippen molar-refractivity contribution in [1.82, 2.24) is 14.8 Å². The molecule has 90 valence electrons. The van der Waals surface area contributed by atoms with Crippen LogP contribution in [0.5, 0.6) is 0 Å². The van der Waals surface area contributed by atoms with Crippen LogP contribution >= 0.6 is 23.4 Å². The summed E-state index contributed by atoms with van der Waals surface area (Å²) in [6.45, 7) is 1.88. The van der Waals surface area contributed by atoms with Gasteiger partial charge in [-0.25, -0.2) is 9.89 Å². The van der Waals surface area contributed by atoms with Crippen LogP contribution in [0.15, 0.2) is 27.0 Å². The van der Waals surface area contributed by atoms with E-state index in [9.17, 15) is 4.79 Å². The number of anilines is 1. The molecule has 1 heterocycles. The standard InChI is InChI=1S/C10H11ClN4OS/c1-5-6(11)3-4-7(12)8(5)17-10-14-13-9(16)15(10)2/h3-4H,12H2,1-2H3,(H,13,16). The van der Waals surface area contributed by atoms with E-state index in [0.717, 1.165) is 10.5 Å². The molecule has 7 heteroatoms. The van der Waals surface area contributed by atoms with Crippen molar-refractivity contribution in [2.75, 3.05) is 5.73 Å². The monoisotopic (exact) mass is 270 g/mol. The third-order valence-corrected chi connectivity index (χ3v) is 4.11. The normalized spacial score (nSPS) is 10.8. The summed E-state index contributed by atoms with van der Waals surface area (Å²) < 4.78 is 1.42. The molecule has 0 fully saturated rings. The predicted molar refractivity (Wildman–Crippen MR) is 68.6 cm³/mol. The second-order valence-electron chi connectivity index (χ2n) is 3.56. The molecule has 0 aliphatic heterocycles. The molecule has 0 aliphatic rings. The van der Waals surface area contributed by atoms with Gasteiger partial charge in [0.1, 0.15) is 0 Å². The molecular weight excluding hydrogens is 260 g/mol. The second kappa shape index (κ2) is 4.46. The molecule has 1 aromatic carbocycles. The minimum atomic E-state index is -0.259. The van der Waals surface area contributed by atoms with Crippen LogP contribution < -0.4 is 11.4 Å². The molecule has 0 unspecified atom stereocenters. The van der Waals surface area contributed by atoms with Crippen molar-refractivity contribution in [3.63, 3.8) is 0 Å². The van der Waals surface area contributed by atoms with E-state index < -0.39 is 0 Å². The van der Waals surface area contributed by atoms with Crippen LogP contribution in [0.2, 0.25) is 5.02 Å². The van der Waals surface area contributed by atoms with Crippen molar-refractivity contribution in [3.8, 4) is 0 Å². The van der Waals surface area contributed by atoms with Crippen molar-refractivity contribution < 1.29 is 0 Å². The van der Waals surface area contributed by atoms with Gasteiger partial charge in [0.25, 0.3) is 0 Å². The molecule has 0 aliphatic carbocycles. The zero-order valence-electron chi connectivity index (χ0n) is 9.32.